The SMILES string of the molecule is C[C@]1([C@@H]2c3ccccc3C[C@@H]2O[C@@H]2CCCCO2)CO1. The third-order valence-electron chi connectivity index (χ3n) is 4.91. The zero-order valence-corrected chi connectivity index (χ0v) is 12.0. The molecular formula is C17H22O3. The van der Waals surface area contributed by atoms with Crippen molar-refractivity contribution in [3.05, 3.63) is 35.4 Å². The Kier molecular flexibility index (Phi) is 3.09. The Morgan fingerprint density at radius 3 is 2.85 bits per heavy atom. The van der Waals surface area contributed by atoms with Crippen molar-refractivity contribution < 1.29 is 14.2 Å². The lowest BCUT2D eigenvalue weighted by Crippen LogP contribution is -2.35. The van der Waals surface area contributed by atoms with Gasteiger partial charge in [0.05, 0.1) is 18.3 Å². The average molecular weight is 274 g/mol. The summed E-state index contributed by atoms with van der Waals surface area (Å²) in [4.78, 5) is 0. The highest BCUT2D eigenvalue weighted by Crippen LogP contribution is 2.50. The number of fused-ring (bicyclic) bond motifs is 1. The summed E-state index contributed by atoms with van der Waals surface area (Å²) >= 11 is 0. The van der Waals surface area contributed by atoms with E-state index in [2.05, 4.69) is 31.2 Å². The van der Waals surface area contributed by atoms with Crippen LogP contribution in [0.2, 0.25) is 0 Å². The fourth-order valence-electron chi connectivity index (χ4n) is 3.71. The van der Waals surface area contributed by atoms with E-state index in [-0.39, 0.29) is 18.0 Å². The Hall–Kier alpha value is -0.900. The topological polar surface area (TPSA) is 31.0 Å². The number of hydrogen-bond acceptors (Lipinski definition) is 3. The lowest BCUT2D eigenvalue weighted by molar-refractivity contribution is -0.193. The Labute approximate surface area is 120 Å². The van der Waals surface area contributed by atoms with Gasteiger partial charge in [-0.15, -0.1) is 0 Å². The van der Waals surface area contributed by atoms with Crippen molar-refractivity contribution in [2.24, 2.45) is 0 Å². The summed E-state index contributed by atoms with van der Waals surface area (Å²) < 4.78 is 17.8. The normalized spacial score (nSPS) is 39.5. The molecule has 0 unspecified atom stereocenters. The predicted octanol–water partition coefficient (Wildman–Crippen LogP) is 3.03. The third kappa shape index (κ3) is 2.18. The molecule has 2 aliphatic heterocycles. The summed E-state index contributed by atoms with van der Waals surface area (Å²) in [5.74, 6) is 0.351. The van der Waals surface area contributed by atoms with Crippen LogP contribution in [0.5, 0.6) is 0 Å². The van der Waals surface area contributed by atoms with Gasteiger partial charge in [0, 0.05) is 12.5 Å². The van der Waals surface area contributed by atoms with E-state index in [0.717, 1.165) is 32.5 Å². The smallest absolute Gasteiger partial charge is 0.157 e. The fourth-order valence-corrected chi connectivity index (χ4v) is 3.71. The first-order chi connectivity index (χ1) is 9.76. The second kappa shape index (κ2) is 4.83. The summed E-state index contributed by atoms with van der Waals surface area (Å²) in [6.07, 6.45) is 4.56. The molecule has 0 saturated carbocycles. The van der Waals surface area contributed by atoms with Crippen molar-refractivity contribution in [2.45, 2.75) is 56.5 Å². The minimum Gasteiger partial charge on any atom is -0.369 e. The maximum Gasteiger partial charge on any atom is 0.157 e. The maximum atomic E-state index is 6.31. The Bertz CT molecular complexity index is 489. The van der Waals surface area contributed by atoms with Gasteiger partial charge in [0.15, 0.2) is 6.29 Å². The highest BCUT2D eigenvalue weighted by atomic mass is 16.7. The first-order valence-corrected chi connectivity index (χ1v) is 7.75. The summed E-state index contributed by atoms with van der Waals surface area (Å²) in [6.45, 7) is 3.89. The van der Waals surface area contributed by atoms with Gasteiger partial charge in [-0.3, -0.25) is 0 Å². The molecule has 2 saturated heterocycles. The Morgan fingerprint density at radius 2 is 2.10 bits per heavy atom. The Balaban J connectivity index is 1.57. The molecule has 1 aromatic rings. The summed E-state index contributed by atoms with van der Waals surface area (Å²) in [5.41, 5.74) is 2.79. The molecule has 4 atom stereocenters. The minimum absolute atomic E-state index is 0.0205. The molecule has 2 fully saturated rings. The average Bonchev–Trinajstić information content (AvgIpc) is 3.10. The largest absolute Gasteiger partial charge is 0.369 e. The van der Waals surface area contributed by atoms with E-state index in [9.17, 15) is 0 Å². The zero-order valence-electron chi connectivity index (χ0n) is 12.0. The standard InChI is InChI=1S/C17H22O3/c1-17(11-19-17)16-13-7-3-2-6-12(13)10-14(16)20-15-8-4-5-9-18-15/h2-3,6-7,14-16H,4-5,8-11H2,1H3/t14-,15+,16+,17+/m0/s1. The van der Waals surface area contributed by atoms with Crippen LogP contribution in [0.3, 0.4) is 0 Å². The molecule has 3 nitrogen and oxygen atoms in total. The molecule has 3 aliphatic rings. The van der Waals surface area contributed by atoms with Gasteiger partial charge in [0.2, 0.25) is 0 Å². The molecule has 0 spiro atoms. The number of ether oxygens (including phenoxy) is 3. The molecule has 0 bridgehead atoms. The van der Waals surface area contributed by atoms with E-state index >= 15 is 0 Å². The molecule has 0 amide bonds. The van der Waals surface area contributed by atoms with Gasteiger partial charge in [-0.1, -0.05) is 24.3 Å². The quantitative estimate of drug-likeness (QED) is 0.794. The molecule has 0 N–H and O–H groups in total. The lowest BCUT2D eigenvalue weighted by Gasteiger charge is -2.30. The number of hydrogen-bond donors (Lipinski definition) is 0. The van der Waals surface area contributed by atoms with E-state index in [0.29, 0.717) is 5.92 Å². The molecule has 0 aromatic heterocycles. The fraction of sp³-hybridized carbons (Fsp3) is 0.647. The van der Waals surface area contributed by atoms with Crippen LogP contribution < -0.4 is 0 Å². The summed E-state index contributed by atoms with van der Waals surface area (Å²) in [5, 5.41) is 0. The highest BCUT2D eigenvalue weighted by Gasteiger charge is 2.54. The van der Waals surface area contributed by atoms with Crippen molar-refractivity contribution in [1.82, 2.24) is 0 Å². The van der Waals surface area contributed by atoms with E-state index in [1.54, 1.807) is 0 Å². The molecular weight excluding hydrogens is 252 g/mol. The molecule has 20 heavy (non-hydrogen) atoms. The van der Waals surface area contributed by atoms with Gasteiger partial charge in [0.25, 0.3) is 0 Å². The molecule has 1 aromatic carbocycles. The van der Waals surface area contributed by atoms with Crippen molar-refractivity contribution in [1.29, 1.82) is 0 Å². The second-order valence-corrected chi connectivity index (χ2v) is 6.45. The third-order valence-corrected chi connectivity index (χ3v) is 4.91. The van der Waals surface area contributed by atoms with E-state index in [1.807, 2.05) is 0 Å². The van der Waals surface area contributed by atoms with E-state index < -0.39 is 0 Å². The monoisotopic (exact) mass is 274 g/mol. The summed E-state index contributed by atoms with van der Waals surface area (Å²) in [7, 11) is 0. The van der Waals surface area contributed by atoms with Gasteiger partial charge in [-0.2, -0.15) is 0 Å². The van der Waals surface area contributed by atoms with Crippen molar-refractivity contribution >= 4 is 0 Å². The number of rotatable bonds is 3. The molecule has 2 heterocycles. The van der Waals surface area contributed by atoms with Crippen LogP contribution in [-0.4, -0.2) is 31.2 Å². The molecule has 1 aliphatic carbocycles. The Morgan fingerprint density at radius 1 is 1.25 bits per heavy atom. The van der Waals surface area contributed by atoms with Gasteiger partial charge in [0.1, 0.15) is 0 Å². The second-order valence-electron chi connectivity index (χ2n) is 6.45. The van der Waals surface area contributed by atoms with Crippen molar-refractivity contribution in [3.8, 4) is 0 Å². The molecule has 108 valence electrons. The van der Waals surface area contributed by atoms with Gasteiger partial charge in [-0.25, -0.2) is 0 Å². The van der Waals surface area contributed by atoms with Gasteiger partial charge in [-0.05, 0) is 43.7 Å². The summed E-state index contributed by atoms with van der Waals surface area (Å²) in [6, 6.07) is 8.69. The van der Waals surface area contributed by atoms with Crippen LogP contribution in [0.4, 0.5) is 0 Å². The minimum atomic E-state index is -0.0358. The lowest BCUT2D eigenvalue weighted by atomic mass is 9.87. The van der Waals surface area contributed by atoms with Gasteiger partial charge < -0.3 is 14.2 Å². The number of benzene rings is 1. The van der Waals surface area contributed by atoms with Crippen LogP contribution in [0.15, 0.2) is 24.3 Å². The van der Waals surface area contributed by atoms with Crippen LogP contribution in [0.25, 0.3) is 0 Å². The first-order valence-electron chi connectivity index (χ1n) is 7.75. The van der Waals surface area contributed by atoms with E-state index in [4.69, 9.17) is 14.2 Å². The van der Waals surface area contributed by atoms with Crippen LogP contribution in [0.1, 0.15) is 43.2 Å². The van der Waals surface area contributed by atoms with Crippen molar-refractivity contribution in [3.63, 3.8) is 0 Å². The van der Waals surface area contributed by atoms with Crippen LogP contribution in [-0.2, 0) is 20.6 Å². The highest BCUT2D eigenvalue weighted by molar-refractivity contribution is 5.40. The first kappa shape index (κ1) is 12.8. The molecule has 0 radical (unpaired) electrons. The molecule has 4 rings (SSSR count). The van der Waals surface area contributed by atoms with Crippen molar-refractivity contribution in [2.75, 3.05) is 13.2 Å². The van der Waals surface area contributed by atoms with Gasteiger partial charge >= 0.3 is 0 Å². The van der Waals surface area contributed by atoms with Crippen LogP contribution >= 0.6 is 0 Å². The zero-order chi connectivity index (χ0) is 13.6. The maximum absolute atomic E-state index is 6.31. The predicted molar refractivity (Wildman–Crippen MR) is 75.7 cm³/mol. The van der Waals surface area contributed by atoms with Crippen LogP contribution in [0, 0.1) is 0 Å². The number of epoxide rings is 1. The van der Waals surface area contributed by atoms with E-state index in [1.165, 1.54) is 17.5 Å². The molecule has 3 heteroatoms.